The topological polar surface area (TPSA) is 59.0 Å². The van der Waals surface area contributed by atoms with Crippen molar-refractivity contribution >= 4 is 21.6 Å². The summed E-state index contributed by atoms with van der Waals surface area (Å²) in [6.45, 7) is 1.84. The molecule has 0 aliphatic rings. The number of anilines is 1. The highest BCUT2D eigenvalue weighted by molar-refractivity contribution is 9.10. The van der Waals surface area contributed by atoms with E-state index < -0.39 is 5.82 Å². The van der Waals surface area contributed by atoms with E-state index in [1.54, 1.807) is 18.2 Å². The third kappa shape index (κ3) is 2.69. The minimum absolute atomic E-state index is 0.0510. The van der Waals surface area contributed by atoms with Crippen molar-refractivity contribution in [2.45, 2.75) is 6.92 Å². The number of aryl methyl sites for hydroxylation is 1. The molecule has 0 aromatic heterocycles. The van der Waals surface area contributed by atoms with Gasteiger partial charge in [-0.15, -0.1) is 0 Å². The second-order valence-electron chi connectivity index (χ2n) is 3.97. The number of hydrogen-bond acceptors (Lipinski definition) is 3. The van der Waals surface area contributed by atoms with Crippen molar-refractivity contribution in [2.75, 3.05) is 5.73 Å². The summed E-state index contributed by atoms with van der Waals surface area (Å²) in [4.78, 5) is 0. The first-order valence-electron chi connectivity index (χ1n) is 5.45. The smallest absolute Gasteiger partial charge is 0.181 e. The molecule has 96 valence electrons. The van der Waals surface area contributed by atoms with Crippen LogP contribution in [0.25, 0.3) is 0 Å². The van der Waals surface area contributed by atoms with Crippen LogP contribution in [0.2, 0.25) is 0 Å². The Kier molecular flexibility index (Phi) is 3.72. The first kappa shape index (κ1) is 13.4. The number of nitrogens with two attached hydrogens (primary N) is 1. The number of halogens is 2. The Labute approximate surface area is 118 Å². The zero-order valence-corrected chi connectivity index (χ0v) is 11.7. The molecule has 3 nitrogen and oxygen atoms in total. The van der Waals surface area contributed by atoms with Gasteiger partial charge in [0.15, 0.2) is 11.6 Å². The van der Waals surface area contributed by atoms with Crippen LogP contribution < -0.4 is 10.5 Å². The van der Waals surface area contributed by atoms with Gasteiger partial charge in [0.25, 0.3) is 0 Å². The summed E-state index contributed by atoms with van der Waals surface area (Å²) in [5, 5.41) is 8.79. The van der Waals surface area contributed by atoms with Gasteiger partial charge in [-0.3, -0.25) is 0 Å². The summed E-state index contributed by atoms with van der Waals surface area (Å²) >= 11 is 3.03. The molecule has 0 amide bonds. The molecule has 19 heavy (non-hydrogen) atoms. The standard InChI is InChI=1S/C14H10BrFN2O/c1-8-6-10(3-4-11(8)18)19-12-5-2-9(7-17)13(15)14(12)16/h2-6H,18H2,1H3. The highest BCUT2D eigenvalue weighted by Gasteiger charge is 2.13. The first-order chi connectivity index (χ1) is 9.02. The Balaban J connectivity index is 2.36. The molecule has 2 aromatic carbocycles. The van der Waals surface area contributed by atoms with E-state index in [1.807, 2.05) is 13.0 Å². The van der Waals surface area contributed by atoms with Crippen LogP contribution in [-0.4, -0.2) is 0 Å². The van der Waals surface area contributed by atoms with Gasteiger partial charge in [0, 0.05) is 5.69 Å². The zero-order chi connectivity index (χ0) is 14.0. The molecule has 0 heterocycles. The number of nitrogens with zero attached hydrogens (tertiary/aromatic N) is 1. The number of hydrogen-bond donors (Lipinski definition) is 1. The van der Waals surface area contributed by atoms with Crippen molar-refractivity contribution in [3.05, 3.63) is 51.7 Å². The molecular formula is C14H10BrFN2O. The summed E-state index contributed by atoms with van der Waals surface area (Å²) < 4.78 is 19.5. The zero-order valence-electron chi connectivity index (χ0n) is 10.1. The first-order valence-corrected chi connectivity index (χ1v) is 6.24. The Bertz CT molecular complexity index is 680. The van der Waals surface area contributed by atoms with Gasteiger partial charge in [-0.1, -0.05) is 0 Å². The van der Waals surface area contributed by atoms with Crippen molar-refractivity contribution in [3.8, 4) is 17.6 Å². The van der Waals surface area contributed by atoms with Gasteiger partial charge in [-0.05, 0) is 58.7 Å². The lowest BCUT2D eigenvalue weighted by atomic mass is 10.2. The fourth-order valence-electron chi connectivity index (χ4n) is 1.54. The van der Waals surface area contributed by atoms with Gasteiger partial charge in [-0.2, -0.15) is 5.26 Å². The largest absolute Gasteiger partial charge is 0.454 e. The number of benzene rings is 2. The van der Waals surface area contributed by atoms with Gasteiger partial charge < -0.3 is 10.5 Å². The quantitative estimate of drug-likeness (QED) is 0.846. The van der Waals surface area contributed by atoms with Crippen molar-refractivity contribution in [1.82, 2.24) is 0 Å². The lowest BCUT2D eigenvalue weighted by Gasteiger charge is -2.10. The van der Waals surface area contributed by atoms with Crippen LogP contribution in [0.5, 0.6) is 11.5 Å². The van der Waals surface area contributed by atoms with Crippen LogP contribution in [0.1, 0.15) is 11.1 Å². The number of nitrogen functional groups attached to an aromatic ring is 1. The van der Waals surface area contributed by atoms with Crippen LogP contribution in [-0.2, 0) is 0 Å². The highest BCUT2D eigenvalue weighted by Crippen LogP contribution is 2.32. The van der Waals surface area contributed by atoms with E-state index in [0.29, 0.717) is 11.4 Å². The van der Waals surface area contributed by atoms with Crippen LogP contribution in [0.4, 0.5) is 10.1 Å². The minimum atomic E-state index is -0.603. The molecule has 0 fully saturated rings. The van der Waals surface area contributed by atoms with Crippen molar-refractivity contribution in [1.29, 1.82) is 5.26 Å². The predicted octanol–water partition coefficient (Wildman–Crippen LogP) is 4.14. The van der Waals surface area contributed by atoms with Gasteiger partial charge in [-0.25, -0.2) is 4.39 Å². The molecule has 2 N–H and O–H groups in total. The second kappa shape index (κ2) is 5.29. The second-order valence-corrected chi connectivity index (χ2v) is 4.76. The molecule has 5 heteroatoms. The lowest BCUT2D eigenvalue weighted by molar-refractivity contribution is 0.440. The molecule has 2 aromatic rings. The van der Waals surface area contributed by atoms with E-state index in [4.69, 9.17) is 15.7 Å². The maximum Gasteiger partial charge on any atom is 0.181 e. The Morgan fingerprint density at radius 2 is 2.05 bits per heavy atom. The van der Waals surface area contributed by atoms with Crippen molar-refractivity contribution in [2.24, 2.45) is 0 Å². The molecule has 0 unspecified atom stereocenters. The molecule has 0 aliphatic carbocycles. The SMILES string of the molecule is Cc1cc(Oc2ccc(C#N)c(Br)c2F)ccc1N. The average molecular weight is 321 g/mol. The van der Waals surface area contributed by atoms with Crippen molar-refractivity contribution < 1.29 is 9.13 Å². The summed E-state index contributed by atoms with van der Waals surface area (Å²) in [6.07, 6.45) is 0. The molecule has 0 atom stereocenters. The maximum atomic E-state index is 14.0. The van der Waals surface area contributed by atoms with Crippen molar-refractivity contribution in [3.63, 3.8) is 0 Å². The molecule has 2 rings (SSSR count). The summed E-state index contributed by atoms with van der Waals surface area (Å²) in [6, 6.07) is 9.88. The molecule has 0 aliphatic heterocycles. The summed E-state index contributed by atoms with van der Waals surface area (Å²) in [7, 11) is 0. The van der Waals surface area contributed by atoms with E-state index in [-0.39, 0.29) is 15.8 Å². The van der Waals surface area contributed by atoms with Gasteiger partial charge >= 0.3 is 0 Å². The maximum absolute atomic E-state index is 14.0. The van der Waals surface area contributed by atoms with Crippen LogP contribution >= 0.6 is 15.9 Å². The van der Waals surface area contributed by atoms with Gasteiger partial charge in [0.05, 0.1) is 10.0 Å². The van der Waals surface area contributed by atoms with Crippen LogP contribution in [0, 0.1) is 24.1 Å². The molecule has 0 saturated heterocycles. The van der Waals surface area contributed by atoms with E-state index >= 15 is 0 Å². The Morgan fingerprint density at radius 1 is 1.32 bits per heavy atom. The number of ether oxygens (including phenoxy) is 1. The normalized spacial score (nSPS) is 10.0. The van der Waals surface area contributed by atoms with E-state index in [0.717, 1.165) is 5.56 Å². The Hall–Kier alpha value is -2.06. The van der Waals surface area contributed by atoms with Crippen LogP contribution in [0.15, 0.2) is 34.8 Å². The summed E-state index contributed by atoms with van der Waals surface area (Å²) in [5.74, 6) is -0.0641. The monoisotopic (exact) mass is 320 g/mol. The minimum Gasteiger partial charge on any atom is -0.454 e. The van der Waals surface area contributed by atoms with Gasteiger partial charge in [0.2, 0.25) is 0 Å². The molecule has 0 bridgehead atoms. The predicted molar refractivity (Wildman–Crippen MR) is 74.5 cm³/mol. The molecular weight excluding hydrogens is 311 g/mol. The van der Waals surface area contributed by atoms with Crippen LogP contribution in [0.3, 0.4) is 0 Å². The number of rotatable bonds is 2. The Morgan fingerprint density at radius 3 is 2.68 bits per heavy atom. The summed E-state index contributed by atoms with van der Waals surface area (Å²) in [5.41, 5.74) is 7.42. The third-order valence-electron chi connectivity index (χ3n) is 2.64. The third-order valence-corrected chi connectivity index (χ3v) is 3.41. The fourth-order valence-corrected chi connectivity index (χ4v) is 1.95. The van der Waals surface area contributed by atoms with E-state index in [2.05, 4.69) is 15.9 Å². The molecule has 0 saturated carbocycles. The highest BCUT2D eigenvalue weighted by atomic mass is 79.9. The molecule has 0 spiro atoms. The fraction of sp³-hybridized carbons (Fsp3) is 0.0714. The average Bonchev–Trinajstić information content (AvgIpc) is 2.40. The molecule has 0 radical (unpaired) electrons. The van der Waals surface area contributed by atoms with E-state index in [1.165, 1.54) is 12.1 Å². The lowest BCUT2D eigenvalue weighted by Crippen LogP contribution is -1.94. The number of nitriles is 1. The van der Waals surface area contributed by atoms with E-state index in [9.17, 15) is 4.39 Å². The van der Waals surface area contributed by atoms with Gasteiger partial charge in [0.1, 0.15) is 11.8 Å².